The van der Waals surface area contributed by atoms with Gasteiger partial charge in [0.1, 0.15) is 5.60 Å². The first-order chi connectivity index (χ1) is 5.00. The molecule has 0 aromatic heterocycles. The summed E-state index contributed by atoms with van der Waals surface area (Å²) in [5.41, 5.74) is -1.12. The fourth-order valence-electron chi connectivity index (χ4n) is 2.07. The summed E-state index contributed by atoms with van der Waals surface area (Å²) in [5, 5.41) is 9.76. The average molecular weight is 195 g/mol. The van der Waals surface area contributed by atoms with Crippen molar-refractivity contribution >= 4 is 29.0 Å². The van der Waals surface area contributed by atoms with Gasteiger partial charge in [0.05, 0.1) is 5.92 Å². The monoisotopic (exact) mass is 194 g/mol. The molecule has 0 radical (unpaired) electrons. The number of hydrogen-bond donors (Lipinski definition) is 1. The molecule has 2 saturated carbocycles. The van der Waals surface area contributed by atoms with E-state index in [1.54, 1.807) is 0 Å². The molecule has 2 rings (SSSR count). The van der Waals surface area contributed by atoms with Crippen molar-refractivity contribution in [1.82, 2.24) is 0 Å². The zero-order chi connectivity index (χ0) is 8.28. The molecule has 1 N–H and O–H groups in total. The molecule has 2 atom stereocenters. The Morgan fingerprint density at radius 2 is 2.18 bits per heavy atom. The van der Waals surface area contributed by atoms with E-state index in [0.29, 0.717) is 6.42 Å². The number of alkyl halides is 2. The van der Waals surface area contributed by atoms with Crippen LogP contribution in [0.2, 0.25) is 0 Å². The van der Waals surface area contributed by atoms with E-state index >= 15 is 0 Å². The van der Waals surface area contributed by atoms with Gasteiger partial charge in [0.15, 0.2) is 5.78 Å². The summed E-state index contributed by atoms with van der Waals surface area (Å²) in [6, 6.07) is 0. The molecule has 2 nitrogen and oxygen atoms in total. The van der Waals surface area contributed by atoms with Gasteiger partial charge in [0.2, 0.25) is 4.33 Å². The molecule has 11 heavy (non-hydrogen) atoms. The number of hydrogen-bond acceptors (Lipinski definition) is 2. The molecule has 0 bridgehead atoms. The minimum atomic E-state index is -1.52. The highest BCUT2D eigenvalue weighted by Gasteiger charge is 2.72. The van der Waals surface area contributed by atoms with Crippen LogP contribution in [0.15, 0.2) is 0 Å². The maximum atomic E-state index is 11.1. The summed E-state index contributed by atoms with van der Waals surface area (Å²) in [4.78, 5) is 11.1. The predicted octanol–water partition coefficient (Wildman–Crippen LogP) is 1.27. The Morgan fingerprint density at radius 3 is 2.73 bits per heavy atom. The van der Waals surface area contributed by atoms with Gasteiger partial charge in [0.25, 0.3) is 0 Å². The Bertz CT molecular complexity index is 226. The van der Waals surface area contributed by atoms with Crippen LogP contribution in [0.4, 0.5) is 0 Å². The highest BCUT2D eigenvalue weighted by molar-refractivity contribution is 6.62. The molecule has 0 spiro atoms. The quantitative estimate of drug-likeness (QED) is 0.591. The van der Waals surface area contributed by atoms with E-state index in [4.69, 9.17) is 23.2 Å². The maximum absolute atomic E-state index is 11.1. The van der Waals surface area contributed by atoms with Gasteiger partial charge in [-0.1, -0.05) is 23.2 Å². The number of ketones is 1. The van der Waals surface area contributed by atoms with Crippen molar-refractivity contribution in [2.45, 2.75) is 29.2 Å². The van der Waals surface area contributed by atoms with Crippen LogP contribution in [0.25, 0.3) is 0 Å². The second-order valence-electron chi connectivity index (χ2n) is 3.31. The van der Waals surface area contributed by atoms with E-state index in [0.717, 1.165) is 12.8 Å². The summed E-state index contributed by atoms with van der Waals surface area (Å²) in [7, 11) is 0. The minimum absolute atomic E-state index is 0.208. The zero-order valence-electron chi connectivity index (χ0n) is 5.81. The number of fused-ring (bicyclic) bond motifs is 1. The molecular formula is C7H8Cl2O2. The highest BCUT2D eigenvalue weighted by Crippen LogP contribution is 2.59. The predicted molar refractivity (Wildman–Crippen MR) is 41.7 cm³/mol. The van der Waals surface area contributed by atoms with Crippen LogP contribution in [0, 0.1) is 5.92 Å². The van der Waals surface area contributed by atoms with Gasteiger partial charge in [-0.3, -0.25) is 4.79 Å². The molecule has 4 heteroatoms. The first kappa shape index (κ1) is 7.84. The third-order valence-corrected chi connectivity index (χ3v) is 3.82. The van der Waals surface area contributed by atoms with Crippen LogP contribution < -0.4 is 0 Å². The van der Waals surface area contributed by atoms with Gasteiger partial charge in [-0.25, -0.2) is 0 Å². The topological polar surface area (TPSA) is 37.3 Å². The Kier molecular flexibility index (Phi) is 1.37. The third kappa shape index (κ3) is 0.663. The molecule has 2 aliphatic carbocycles. The van der Waals surface area contributed by atoms with Crippen molar-refractivity contribution in [1.29, 1.82) is 0 Å². The van der Waals surface area contributed by atoms with Crippen molar-refractivity contribution < 1.29 is 9.90 Å². The molecule has 0 heterocycles. The first-order valence-corrected chi connectivity index (χ1v) is 4.40. The molecule has 0 amide bonds. The Balaban J connectivity index is 2.36. The van der Waals surface area contributed by atoms with Crippen LogP contribution in [0.3, 0.4) is 0 Å². The molecule has 0 unspecified atom stereocenters. The molecule has 2 aliphatic rings. The second-order valence-corrected chi connectivity index (χ2v) is 4.64. The summed E-state index contributed by atoms with van der Waals surface area (Å²) in [6.45, 7) is 0. The second kappa shape index (κ2) is 1.93. The van der Waals surface area contributed by atoms with Gasteiger partial charge < -0.3 is 5.11 Å². The molecular weight excluding hydrogens is 187 g/mol. The number of rotatable bonds is 0. The Hall–Kier alpha value is 0.210. The number of aliphatic hydroxyl groups is 1. The summed E-state index contributed by atoms with van der Waals surface area (Å²) in [6.07, 6.45) is 2.13. The fraction of sp³-hybridized carbons (Fsp3) is 0.857. The fourth-order valence-corrected chi connectivity index (χ4v) is 2.78. The van der Waals surface area contributed by atoms with Crippen LogP contribution >= 0.6 is 23.2 Å². The standard InChI is InChI=1S/C7H8Cl2O2/c8-7(9)5(10)4-2-1-3-6(4,7)11/h4,11H,1-3H2/t4-,6+/m0/s1. The number of Topliss-reactive ketones (excluding diaryl/α,β-unsaturated/α-hetero) is 1. The first-order valence-electron chi connectivity index (χ1n) is 3.64. The van der Waals surface area contributed by atoms with Gasteiger partial charge in [-0.05, 0) is 19.3 Å². The summed E-state index contributed by atoms with van der Waals surface area (Å²) >= 11 is 11.3. The highest BCUT2D eigenvalue weighted by atomic mass is 35.5. The third-order valence-electron chi connectivity index (χ3n) is 2.80. The van der Waals surface area contributed by atoms with E-state index in [1.807, 2.05) is 0 Å². The van der Waals surface area contributed by atoms with Crippen molar-refractivity contribution in [3.05, 3.63) is 0 Å². The largest absolute Gasteiger partial charge is 0.385 e. The summed E-state index contributed by atoms with van der Waals surface area (Å²) in [5.74, 6) is -0.502. The Labute approximate surface area is 74.5 Å². The molecule has 62 valence electrons. The van der Waals surface area contributed by atoms with Crippen molar-refractivity contribution in [3.8, 4) is 0 Å². The van der Waals surface area contributed by atoms with E-state index in [1.165, 1.54) is 0 Å². The zero-order valence-corrected chi connectivity index (χ0v) is 7.32. The normalized spacial score (nSPS) is 46.8. The Morgan fingerprint density at radius 1 is 1.55 bits per heavy atom. The lowest BCUT2D eigenvalue weighted by molar-refractivity contribution is -0.155. The van der Waals surface area contributed by atoms with E-state index in [9.17, 15) is 9.90 Å². The average Bonchev–Trinajstić information content (AvgIpc) is 2.30. The van der Waals surface area contributed by atoms with Crippen LogP contribution in [-0.4, -0.2) is 20.8 Å². The van der Waals surface area contributed by atoms with Crippen LogP contribution in [0.5, 0.6) is 0 Å². The molecule has 0 aromatic carbocycles. The lowest BCUT2D eigenvalue weighted by atomic mass is 9.69. The summed E-state index contributed by atoms with van der Waals surface area (Å²) < 4.78 is -1.52. The minimum Gasteiger partial charge on any atom is -0.385 e. The van der Waals surface area contributed by atoms with Crippen molar-refractivity contribution in [3.63, 3.8) is 0 Å². The van der Waals surface area contributed by atoms with E-state index < -0.39 is 9.93 Å². The van der Waals surface area contributed by atoms with E-state index in [2.05, 4.69) is 0 Å². The van der Waals surface area contributed by atoms with E-state index in [-0.39, 0.29) is 11.7 Å². The molecule has 0 aromatic rings. The van der Waals surface area contributed by atoms with Crippen molar-refractivity contribution in [2.24, 2.45) is 5.92 Å². The van der Waals surface area contributed by atoms with Crippen LogP contribution in [0.1, 0.15) is 19.3 Å². The number of carbonyl (C=O) groups excluding carboxylic acids is 1. The van der Waals surface area contributed by atoms with Gasteiger partial charge >= 0.3 is 0 Å². The van der Waals surface area contributed by atoms with Crippen LogP contribution in [-0.2, 0) is 4.79 Å². The smallest absolute Gasteiger partial charge is 0.205 e. The van der Waals surface area contributed by atoms with Crippen molar-refractivity contribution in [2.75, 3.05) is 0 Å². The number of halogens is 2. The molecule has 0 aliphatic heterocycles. The molecule has 2 fully saturated rings. The lowest BCUT2D eigenvalue weighted by Gasteiger charge is -2.49. The van der Waals surface area contributed by atoms with Gasteiger partial charge in [-0.15, -0.1) is 0 Å². The number of carbonyl (C=O) groups is 1. The van der Waals surface area contributed by atoms with Gasteiger partial charge in [0, 0.05) is 0 Å². The SMILES string of the molecule is O=C1[C@@H]2CCC[C@]2(O)C1(Cl)Cl. The molecule has 0 saturated heterocycles. The maximum Gasteiger partial charge on any atom is 0.205 e. The van der Waals surface area contributed by atoms with Gasteiger partial charge in [-0.2, -0.15) is 0 Å². The lowest BCUT2D eigenvalue weighted by Crippen LogP contribution is -2.68.